The lowest BCUT2D eigenvalue weighted by atomic mass is 10.2. The van der Waals surface area contributed by atoms with Crippen molar-refractivity contribution in [3.05, 3.63) is 47.7 Å². The van der Waals surface area contributed by atoms with E-state index in [2.05, 4.69) is 5.32 Å². The molecule has 0 aliphatic carbocycles. The van der Waals surface area contributed by atoms with Gasteiger partial charge < -0.3 is 9.73 Å². The largest absolute Gasteiger partial charge is 0.446 e. The number of nitrogens with one attached hydrogen (secondary N) is 1. The lowest BCUT2D eigenvalue weighted by molar-refractivity contribution is 0.404. The summed E-state index contributed by atoms with van der Waals surface area (Å²) in [5, 5.41) is 3.05. The molecule has 0 spiro atoms. The number of nitrogens with zero attached hydrogens (tertiary/aromatic N) is 1. The molecular formula is C15H20N2O3S. The molecule has 1 heterocycles. The normalized spacial score (nSPS) is 11.6. The molecule has 1 aromatic carbocycles. The standard InChI is InChI=1S/C15H20N2O3S/c1-4-16-11-14-8-9-15(20-14)21(18,19)17(3)13-7-5-6-12(2)10-13/h5-10,16H,4,11H2,1-3H3. The van der Waals surface area contributed by atoms with Gasteiger partial charge in [-0.1, -0.05) is 19.1 Å². The Morgan fingerprint density at radius 1 is 1.24 bits per heavy atom. The molecule has 21 heavy (non-hydrogen) atoms. The lowest BCUT2D eigenvalue weighted by Crippen LogP contribution is -2.26. The van der Waals surface area contributed by atoms with Gasteiger partial charge in [0.15, 0.2) is 0 Å². The van der Waals surface area contributed by atoms with E-state index in [0.717, 1.165) is 12.1 Å². The van der Waals surface area contributed by atoms with Crippen molar-refractivity contribution in [3.8, 4) is 0 Å². The van der Waals surface area contributed by atoms with Crippen molar-refractivity contribution in [2.24, 2.45) is 0 Å². The number of hydrogen-bond donors (Lipinski definition) is 1. The second kappa shape index (κ2) is 6.32. The fraction of sp³-hybridized carbons (Fsp3) is 0.333. The Morgan fingerprint density at radius 2 is 2.00 bits per heavy atom. The summed E-state index contributed by atoms with van der Waals surface area (Å²) in [6.45, 7) is 5.21. The van der Waals surface area contributed by atoms with E-state index in [1.54, 1.807) is 12.1 Å². The molecule has 0 aliphatic rings. The summed E-state index contributed by atoms with van der Waals surface area (Å²) in [4.78, 5) is 0. The van der Waals surface area contributed by atoms with E-state index in [4.69, 9.17) is 4.42 Å². The number of sulfonamides is 1. The molecule has 0 saturated heterocycles. The average molecular weight is 308 g/mol. The van der Waals surface area contributed by atoms with Crippen LogP contribution < -0.4 is 9.62 Å². The van der Waals surface area contributed by atoms with Crippen LogP contribution in [-0.2, 0) is 16.6 Å². The van der Waals surface area contributed by atoms with Crippen molar-refractivity contribution in [2.45, 2.75) is 25.5 Å². The van der Waals surface area contributed by atoms with Crippen LogP contribution >= 0.6 is 0 Å². The highest BCUT2D eigenvalue weighted by molar-refractivity contribution is 7.92. The average Bonchev–Trinajstić information content (AvgIpc) is 2.93. The Hall–Kier alpha value is -1.79. The number of furan rings is 1. The number of hydrogen-bond acceptors (Lipinski definition) is 4. The quantitative estimate of drug-likeness (QED) is 0.890. The van der Waals surface area contributed by atoms with Gasteiger partial charge in [-0.25, -0.2) is 0 Å². The molecule has 0 fully saturated rings. The van der Waals surface area contributed by atoms with Crippen molar-refractivity contribution < 1.29 is 12.8 Å². The lowest BCUT2D eigenvalue weighted by Gasteiger charge is -2.18. The maximum absolute atomic E-state index is 12.5. The van der Waals surface area contributed by atoms with E-state index < -0.39 is 10.0 Å². The molecule has 1 aromatic heterocycles. The molecular weight excluding hydrogens is 288 g/mol. The van der Waals surface area contributed by atoms with E-state index in [1.807, 2.05) is 32.0 Å². The molecule has 0 unspecified atom stereocenters. The van der Waals surface area contributed by atoms with Crippen LogP contribution in [0.4, 0.5) is 5.69 Å². The van der Waals surface area contributed by atoms with Gasteiger partial charge >= 0.3 is 0 Å². The zero-order valence-corrected chi connectivity index (χ0v) is 13.3. The molecule has 5 nitrogen and oxygen atoms in total. The molecule has 0 amide bonds. The molecule has 0 aliphatic heterocycles. The molecule has 2 aromatic rings. The first-order valence-electron chi connectivity index (χ1n) is 6.80. The van der Waals surface area contributed by atoms with Gasteiger partial charge in [0, 0.05) is 7.05 Å². The first-order chi connectivity index (χ1) is 9.95. The molecule has 2 rings (SSSR count). The predicted molar refractivity (Wildman–Crippen MR) is 82.9 cm³/mol. The van der Waals surface area contributed by atoms with Crippen LogP contribution in [0.15, 0.2) is 45.9 Å². The van der Waals surface area contributed by atoms with Crippen LogP contribution in [0.2, 0.25) is 0 Å². The van der Waals surface area contributed by atoms with Crippen LogP contribution in [0, 0.1) is 6.92 Å². The van der Waals surface area contributed by atoms with Gasteiger partial charge in [-0.3, -0.25) is 4.31 Å². The minimum atomic E-state index is -3.67. The number of anilines is 1. The number of rotatable bonds is 6. The molecule has 0 saturated carbocycles. The first-order valence-corrected chi connectivity index (χ1v) is 8.24. The minimum Gasteiger partial charge on any atom is -0.446 e. The second-order valence-corrected chi connectivity index (χ2v) is 6.71. The van der Waals surface area contributed by atoms with Gasteiger partial charge in [-0.05, 0) is 43.3 Å². The highest BCUT2D eigenvalue weighted by Crippen LogP contribution is 2.24. The molecule has 0 radical (unpaired) electrons. The summed E-state index contributed by atoms with van der Waals surface area (Å²) >= 11 is 0. The Morgan fingerprint density at radius 3 is 2.67 bits per heavy atom. The molecule has 6 heteroatoms. The molecule has 1 N–H and O–H groups in total. The van der Waals surface area contributed by atoms with Gasteiger partial charge in [-0.2, -0.15) is 8.42 Å². The topological polar surface area (TPSA) is 62.6 Å². The molecule has 114 valence electrons. The number of benzene rings is 1. The fourth-order valence-electron chi connectivity index (χ4n) is 1.94. The van der Waals surface area contributed by atoms with Crippen molar-refractivity contribution >= 4 is 15.7 Å². The van der Waals surface area contributed by atoms with Gasteiger partial charge in [-0.15, -0.1) is 0 Å². The molecule has 0 atom stereocenters. The Kier molecular flexibility index (Phi) is 4.69. The maximum atomic E-state index is 12.5. The Bertz CT molecular complexity index is 707. The summed E-state index contributed by atoms with van der Waals surface area (Å²) in [7, 11) is -2.15. The van der Waals surface area contributed by atoms with Crippen LogP contribution in [0.3, 0.4) is 0 Å². The fourth-order valence-corrected chi connectivity index (χ4v) is 3.05. The van der Waals surface area contributed by atoms with Crippen LogP contribution in [0.25, 0.3) is 0 Å². The number of aryl methyl sites for hydroxylation is 1. The maximum Gasteiger partial charge on any atom is 0.297 e. The van der Waals surface area contributed by atoms with E-state index >= 15 is 0 Å². The Labute approximate surface area is 125 Å². The van der Waals surface area contributed by atoms with Crippen molar-refractivity contribution in [3.63, 3.8) is 0 Å². The van der Waals surface area contributed by atoms with Crippen LogP contribution in [0.1, 0.15) is 18.2 Å². The molecule has 0 bridgehead atoms. The zero-order valence-electron chi connectivity index (χ0n) is 12.5. The van der Waals surface area contributed by atoms with E-state index in [-0.39, 0.29) is 5.09 Å². The van der Waals surface area contributed by atoms with E-state index in [9.17, 15) is 8.42 Å². The minimum absolute atomic E-state index is 0.0422. The van der Waals surface area contributed by atoms with Crippen molar-refractivity contribution in [1.82, 2.24) is 5.32 Å². The van der Waals surface area contributed by atoms with Gasteiger partial charge in [0.05, 0.1) is 12.2 Å². The second-order valence-electron chi connectivity index (χ2n) is 4.81. The highest BCUT2D eigenvalue weighted by atomic mass is 32.2. The third-order valence-corrected chi connectivity index (χ3v) is 4.83. The van der Waals surface area contributed by atoms with Gasteiger partial charge in [0.2, 0.25) is 5.09 Å². The summed E-state index contributed by atoms with van der Waals surface area (Å²) in [5.41, 5.74) is 1.61. The third kappa shape index (κ3) is 3.46. The summed E-state index contributed by atoms with van der Waals surface area (Å²) in [5.74, 6) is 0.605. The van der Waals surface area contributed by atoms with Crippen molar-refractivity contribution in [1.29, 1.82) is 0 Å². The van der Waals surface area contributed by atoms with Crippen LogP contribution in [-0.4, -0.2) is 22.0 Å². The van der Waals surface area contributed by atoms with Crippen LogP contribution in [0.5, 0.6) is 0 Å². The smallest absolute Gasteiger partial charge is 0.297 e. The Balaban J connectivity index is 2.26. The summed E-state index contributed by atoms with van der Waals surface area (Å²) in [6.07, 6.45) is 0. The summed E-state index contributed by atoms with van der Waals surface area (Å²) < 4.78 is 31.7. The van der Waals surface area contributed by atoms with Gasteiger partial charge in [0.25, 0.3) is 10.0 Å². The third-order valence-electron chi connectivity index (χ3n) is 3.17. The van der Waals surface area contributed by atoms with Crippen molar-refractivity contribution in [2.75, 3.05) is 17.9 Å². The monoisotopic (exact) mass is 308 g/mol. The first kappa shape index (κ1) is 15.6. The van der Waals surface area contributed by atoms with E-state index in [0.29, 0.717) is 18.0 Å². The zero-order chi connectivity index (χ0) is 15.5. The highest BCUT2D eigenvalue weighted by Gasteiger charge is 2.25. The SMILES string of the molecule is CCNCc1ccc(S(=O)(=O)N(C)c2cccc(C)c2)o1. The van der Waals surface area contributed by atoms with E-state index in [1.165, 1.54) is 17.4 Å². The summed E-state index contributed by atoms with van der Waals surface area (Å²) in [6, 6.07) is 10.5. The van der Waals surface area contributed by atoms with Gasteiger partial charge in [0.1, 0.15) is 5.76 Å². The predicted octanol–water partition coefficient (Wildman–Crippen LogP) is 2.52.